The molecule has 5 heteroatoms. The summed E-state index contributed by atoms with van der Waals surface area (Å²) in [6, 6.07) is 20.9. The number of nitrogens with one attached hydrogen (secondary N) is 1. The average molecular weight is 394 g/mol. The van der Waals surface area contributed by atoms with E-state index < -0.39 is 9.35 Å². The molecule has 4 heterocycles. The van der Waals surface area contributed by atoms with Crippen LogP contribution in [0.2, 0.25) is 0 Å². The molecule has 0 atom stereocenters. The van der Waals surface area contributed by atoms with Crippen molar-refractivity contribution in [2.45, 2.75) is 34.6 Å². The minimum Gasteiger partial charge on any atom is -0.462 e. The molecule has 0 unspecified atom stereocenters. The molecule has 4 aliphatic rings. The number of benzene rings is 2. The first-order valence-electron chi connectivity index (χ1n) is 10.3. The Labute approximate surface area is 166 Å². The van der Waals surface area contributed by atoms with E-state index in [9.17, 15) is 0 Å². The van der Waals surface area contributed by atoms with Crippen molar-refractivity contribution in [2.75, 3.05) is 26.2 Å². The number of piperidine rings is 1. The number of hydrogen-bond acceptors (Lipinski definition) is 4. The zero-order valence-electron chi connectivity index (χ0n) is 16.1. The summed E-state index contributed by atoms with van der Waals surface area (Å²) in [6.45, 7) is 3.75. The molecule has 0 saturated carbocycles. The Morgan fingerprint density at radius 2 is 1.71 bits per heavy atom. The third-order valence-electron chi connectivity index (χ3n) is 7.05. The molecular weight excluding hydrogens is 366 g/mol. The molecule has 2 aromatic carbocycles. The minimum absolute atomic E-state index is 0.0292. The van der Waals surface area contributed by atoms with Gasteiger partial charge in [0.2, 0.25) is 0 Å². The van der Waals surface area contributed by atoms with E-state index in [1.165, 1.54) is 15.4 Å². The summed E-state index contributed by atoms with van der Waals surface area (Å²) in [5.74, 6) is 0. The molecular formula is C23H27N3OS. The summed E-state index contributed by atoms with van der Waals surface area (Å²) in [7, 11) is -2.65. The van der Waals surface area contributed by atoms with Gasteiger partial charge in [-0.1, -0.05) is 36.4 Å². The topological polar surface area (TPSA) is 36.9 Å². The lowest BCUT2D eigenvalue weighted by Crippen LogP contribution is -2.42. The molecule has 4 nitrogen and oxygen atoms in total. The van der Waals surface area contributed by atoms with E-state index >= 15 is 0 Å². The number of fused-ring (bicyclic) bond motifs is 2. The first-order chi connectivity index (χ1) is 13.8. The van der Waals surface area contributed by atoms with Gasteiger partial charge in [0, 0.05) is 11.4 Å². The largest absolute Gasteiger partial charge is 0.462 e. The van der Waals surface area contributed by atoms with Gasteiger partial charge in [0.1, 0.15) is 12.1 Å². The standard InChI is InChI=1S/C23H27N3OS/c1-2-7-20(8-3-1)28(16-17-28)21-9-5-4-6-19(21)10-15-26(28)22-25-23(18-27-22)11-13-24-14-12-23/h1-9,16-17,24,28H,10-15,18H2. The molecule has 1 fully saturated rings. The number of nitrogens with zero attached hydrogens (tertiary/aromatic N) is 2. The molecule has 2 spiro atoms. The Bertz CT molecular complexity index is 988. The fourth-order valence-electron chi connectivity index (χ4n) is 5.39. The van der Waals surface area contributed by atoms with E-state index in [1.54, 1.807) is 0 Å². The molecule has 0 aliphatic carbocycles. The van der Waals surface area contributed by atoms with Crippen molar-refractivity contribution in [3.05, 3.63) is 71.0 Å². The van der Waals surface area contributed by atoms with Crippen LogP contribution in [0.15, 0.2) is 80.2 Å². The molecule has 1 N–H and O–H groups in total. The zero-order chi connectivity index (χ0) is 18.7. The number of rotatable bonds is 1. The lowest BCUT2D eigenvalue weighted by molar-refractivity contribution is 0.205. The highest BCUT2D eigenvalue weighted by molar-refractivity contribution is 8.57. The Morgan fingerprint density at radius 3 is 2.50 bits per heavy atom. The van der Waals surface area contributed by atoms with Crippen LogP contribution in [0.3, 0.4) is 0 Å². The van der Waals surface area contributed by atoms with E-state index in [4.69, 9.17) is 9.73 Å². The molecule has 0 amide bonds. The first kappa shape index (κ1) is 16.7. The highest BCUT2D eigenvalue weighted by atomic mass is 32.3. The maximum absolute atomic E-state index is 6.36. The van der Waals surface area contributed by atoms with Gasteiger partial charge in [-0.05, 0) is 71.8 Å². The Kier molecular flexibility index (Phi) is 3.37. The van der Waals surface area contributed by atoms with Gasteiger partial charge in [-0.3, -0.25) is 4.31 Å². The van der Waals surface area contributed by atoms with Crippen LogP contribution in [0.25, 0.3) is 0 Å². The molecule has 0 radical (unpaired) electrons. The number of amidine groups is 1. The van der Waals surface area contributed by atoms with Gasteiger partial charge in [0.25, 0.3) is 6.02 Å². The van der Waals surface area contributed by atoms with Gasteiger partial charge in [0.15, 0.2) is 0 Å². The predicted molar refractivity (Wildman–Crippen MR) is 116 cm³/mol. The minimum atomic E-state index is -2.65. The Balaban J connectivity index is 1.53. The van der Waals surface area contributed by atoms with Crippen LogP contribution >= 0.6 is 9.35 Å². The van der Waals surface area contributed by atoms with Crippen molar-refractivity contribution in [3.8, 4) is 0 Å². The van der Waals surface area contributed by atoms with Crippen LogP contribution in [-0.2, 0) is 11.2 Å². The molecule has 146 valence electrons. The quantitative estimate of drug-likeness (QED) is 0.721. The summed E-state index contributed by atoms with van der Waals surface area (Å²) < 4.78 is 8.92. The molecule has 0 aromatic heterocycles. The second-order valence-corrected chi connectivity index (χ2v) is 13.0. The van der Waals surface area contributed by atoms with E-state index in [0.717, 1.165) is 51.5 Å². The molecule has 1 saturated heterocycles. The third-order valence-corrected chi connectivity index (χ3v) is 12.5. The van der Waals surface area contributed by atoms with Gasteiger partial charge in [-0.15, -0.1) is 0 Å². The number of ether oxygens (including phenoxy) is 1. The van der Waals surface area contributed by atoms with Crippen LogP contribution in [0.1, 0.15) is 18.4 Å². The summed E-state index contributed by atoms with van der Waals surface area (Å²) >= 11 is 0. The highest BCUT2D eigenvalue weighted by Gasteiger charge is 2.58. The number of thiol groups is 1. The van der Waals surface area contributed by atoms with Crippen molar-refractivity contribution < 1.29 is 4.74 Å². The summed E-state index contributed by atoms with van der Waals surface area (Å²) in [6.07, 6.45) is 3.17. The maximum atomic E-state index is 6.36. The predicted octanol–water partition coefficient (Wildman–Crippen LogP) is 3.94. The van der Waals surface area contributed by atoms with Crippen molar-refractivity contribution in [3.63, 3.8) is 0 Å². The molecule has 6 rings (SSSR count). The lowest BCUT2D eigenvalue weighted by Gasteiger charge is -2.59. The molecule has 2 aromatic rings. The van der Waals surface area contributed by atoms with Crippen LogP contribution < -0.4 is 5.32 Å². The second kappa shape index (κ2) is 5.65. The van der Waals surface area contributed by atoms with E-state index in [2.05, 4.69) is 75.0 Å². The monoisotopic (exact) mass is 393 g/mol. The third kappa shape index (κ3) is 2.04. The molecule has 0 bridgehead atoms. The van der Waals surface area contributed by atoms with E-state index in [-0.39, 0.29) is 5.54 Å². The van der Waals surface area contributed by atoms with Crippen molar-refractivity contribution >= 4 is 15.4 Å². The average Bonchev–Trinajstić information content (AvgIpc) is 3.39. The Morgan fingerprint density at radius 1 is 0.964 bits per heavy atom. The van der Waals surface area contributed by atoms with E-state index in [0.29, 0.717) is 0 Å². The lowest BCUT2D eigenvalue weighted by atomic mass is 9.91. The fourth-order valence-corrected chi connectivity index (χ4v) is 11.0. The molecule has 4 aliphatic heterocycles. The van der Waals surface area contributed by atoms with E-state index in [1.807, 2.05) is 0 Å². The van der Waals surface area contributed by atoms with Gasteiger partial charge >= 0.3 is 0 Å². The normalized spacial score (nSPS) is 26.8. The maximum Gasteiger partial charge on any atom is 0.296 e. The summed E-state index contributed by atoms with van der Waals surface area (Å²) in [4.78, 5) is 8.13. The summed E-state index contributed by atoms with van der Waals surface area (Å²) in [5.41, 5.74) is 1.44. The Hall–Kier alpha value is -2.24. The first-order valence-corrected chi connectivity index (χ1v) is 12.7. The molecule has 28 heavy (non-hydrogen) atoms. The number of hydrogen-bond donors (Lipinski definition) is 2. The van der Waals surface area contributed by atoms with Gasteiger partial charge in [0.05, 0.1) is 0 Å². The van der Waals surface area contributed by atoms with Crippen LogP contribution in [-0.4, -0.2) is 42.1 Å². The van der Waals surface area contributed by atoms with Crippen molar-refractivity contribution in [1.82, 2.24) is 9.62 Å². The SMILES string of the molecule is C1=C[SH]12(c1ccccc1)c1ccccc1CCN2C1=NC2(CCNCC2)CO1. The van der Waals surface area contributed by atoms with Crippen molar-refractivity contribution in [1.29, 1.82) is 0 Å². The highest BCUT2D eigenvalue weighted by Crippen LogP contribution is 2.95. The number of aliphatic imine (C=N–C) groups is 1. The second-order valence-electron chi connectivity index (χ2n) is 8.50. The van der Waals surface area contributed by atoms with Crippen molar-refractivity contribution in [2.24, 2.45) is 4.99 Å². The smallest absolute Gasteiger partial charge is 0.296 e. The zero-order valence-corrected chi connectivity index (χ0v) is 16.9. The van der Waals surface area contributed by atoms with Gasteiger partial charge < -0.3 is 10.1 Å². The van der Waals surface area contributed by atoms with Gasteiger partial charge in [-0.25, -0.2) is 4.99 Å². The van der Waals surface area contributed by atoms with Crippen LogP contribution in [0.5, 0.6) is 0 Å². The summed E-state index contributed by atoms with van der Waals surface area (Å²) in [5, 5.41) is 8.40. The van der Waals surface area contributed by atoms with Crippen LogP contribution in [0, 0.1) is 0 Å². The van der Waals surface area contributed by atoms with Gasteiger partial charge in [-0.2, -0.15) is 9.35 Å². The van der Waals surface area contributed by atoms with Crippen LogP contribution in [0.4, 0.5) is 0 Å². The fraction of sp³-hybridized carbons (Fsp3) is 0.348.